The van der Waals surface area contributed by atoms with Crippen LogP contribution in [0.5, 0.6) is 0 Å². The van der Waals surface area contributed by atoms with Crippen LogP contribution in [0.1, 0.15) is 38.3 Å². The van der Waals surface area contributed by atoms with E-state index in [0.29, 0.717) is 13.2 Å². The Labute approximate surface area is 133 Å². The number of likely N-dealkylation sites (N-methyl/N-ethyl adjacent to an activating group) is 1. The van der Waals surface area contributed by atoms with Crippen molar-refractivity contribution in [3.8, 4) is 0 Å². The maximum absolute atomic E-state index is 13.1. The molecule has 1 amide bonds. The number of ether oxygens (including phenoxy) is 1. The summed E-state index contributed by atoms with van der Waals surface area (Å²) < 4.78 is 7.20. The SMILES string of the molecule is CCCCN(CC)C(=O)C(c1cnn(C)c1)N1CCOCC1. The van der Waals surface area contributed by atoms with Gasteiger partial charge in [-0.25, -0.2) is 0 Å². The van der Waals surface area contributed by atoms with E-state index >= 15 is 0 Å². The average molecular weight is 308 g/mol. The molecule has 1 unspecified atom stereocenters. The third kappa shape index (κ3) is 4.08. The Hall–Kier alpha value is -1.40. The molecule has 0 spiro atoms. The Bertz CT molecular complexity index is 468. The first-order valence-corrected chi connectivity index (χ1v) is 8.26. The summed E-state index contributed by atoms with van der Waals surface area (Å²) in [6.07, 6.45) is 5.90. The summed E-state index contributed by atoms with van der Waals surface area (Å²) in [5, 5.41) is 4.25. The van der Waals surface area contributed by atoms with E-state index in [9.17, 15) is 4.79 Å². The number of hydrogen-bond donors (Lipinski definition) is 0. The molecule has 22 heavy (non-hydrogen) atoms. The highest BCUT2D eigenvalue weighted by atomic mass is 16.5. The van der Waals surface area contributed by atoms with Crippen LogP contribution in [0.3, 0.4) is 0 Å². The number of carbonyl (C=O) groups excluding carboxylic acids is 1. The van der Waals surface area contributed by atoms with E-state index in [1.54, 1.807) is 4.68 Å². The summed E-state index contributed by atoms with van der Waals surface area (Å²) in [5.74, 6) is 0.186. The molecule has 124 valence electrons. The molecule has 1 aromatic rings. The van der Waals surface area contributed by atoms with Crippen LogP contribution in [-0.4, -0.2) is 64.9 Å². The number of rotatable bonds is 7. The fourth-order valence-electron chi connectivity index (χ4n) is 2.87. The normalized spacial score (nSPS) is 17.4. The van der Waals surface area contributed by atoms with Gasteiger partial charge < -0.3 is 9.64 Å². The Morgan fingerprint density at radius 2 is 2.14 bits per heavy atom. The zero-order valence-electron chi connectivity index (χ0n) is 14.0. The van der Waals surface area contributed by atoms with Crippen LogP contribution in [0, 0.1) is 0 Å². The van der Waals surface area contributed by atoms with Crippen molar-refractivity contribution in [2.45, 2.75) is 32.7 Å². The number of amides is 1. The zero-order chi connectivity index (χ0) is 15.9. The largest absolute Gasteiger partial charge is 0.379 e. The van der Waals surface area contributed by atoms with Gasteiger partial charge >= 0.3 is 0 Å². The second-order valence-corrected chi connectivity index (χ2v) is 5.77. The number of aryl methyl sites for hydroxylation is 1. The quantitative estimate of drug-likeness (QED) is 0.765. The molecule has 6 nitrogen and oxygen atoms in total. The van der Waals surface area contributed by atoms with E-state index in [-0.39, 0.29) is 11.9 Å². The van der Waals surface area contributed by atoms with Crippen molar-refractivity contribution < 1.29 is 9.53 Å². The van der Waals surface area contributed by atoms with Gasteiger partial charge in [0.05, 0.1) is 19.4 Å². The molecule has 1 aliphatic heterocycles. The smallest absolute Gasteiger partial charge is 0.244 e. The summed E-state index contributed by atoms with van der Waals surface area (Å²) in [6, 6.07) is -0.241. The Morgan fingerprint density at radius 3 is 2.68 bits per heavy atom. The van der Waals surface area contributed by atoms with Crippen molar-refractivity contribution >= 4 is 5.91 Å². The maximum Gasteiger partial charge on any atom is 0.244 e. The van der Waals surface area contributed by atoms with Gasteiger partial charge in [-0.2, -0.15) is 5.10 Å². The van der Waals surface area contributed by atoms with E-state index in [2.05, 4.69) is 16.9 Å². The van der Waals surface area contributed by atoms with E-state index in [1.807, 2.05) is 31.3 Å². The second-order valence-electron chi connectivity index (χ2n) is 5.77. The van der Waals surface area contributed by atoms with Crippen LogP contribution in [-0.2, 0) is 16.6 Å². The van der Waals surface area contributed by atoms with E-state index in [4.69, 9.17) is 4.74 Å². The molecule has 0 aliphatic carbocycles. The lowest BCUT2D eigenvalue weighted by Gasteiger charge is -2.36. The first-order valence-electron chi connectivity index (χ1n) is 8.26. The van der Waals surface area contributed by atoms with Crippen molar-refractivity contribution in [2.24, 2.45) is 7.05 Å². The fourth-order valence-corrected chi connectivity index (χ4v) is 2.87. The fraction of sp³-hybridized carbons (Fsp3) is 0.750. The van der Waals surface area contributed by atoms with Crippen LogP contribution >= 0.6 is 0 Å². The molecule has 0 N–H and O–H groups in total. The molecule has 1 fully saturated rings. The molecule has 0 bridgehead atoms. The van der Waals surface area contributed by atoms with E-state index in [1.165, 1.54) is 0 Å². The molecule has 1 aliphatic rings. The zero-order valence-corrected chi connectivity index (χ0v) is 14.0. The van der Waals surface area contributed by atoms with Gasteiger partial charge in [0.15, 0.2) is 0 Å². The second kappa shape index (κ2) is 8.29. The Balaban J connectivity index is 2.20. The lowest BCUT2D eigenvalue weighted by Crippen LogP contribution is -2.47. The molecular weight excluding hydrogens is 280 g/mol. The molecule has 1 saturated heterocycles. The highest BCUT2D eigenvalue weighted by Crippen LogP contribution is 2.24. The predicted octanol–water partition coefficient (Wildman–Crippen LogP) is 1.44. The first kappa shape index (κ1) is 17.0. The number of nitrogens with zero attached hydrogens (tertiary/aromatic N) is 4. The lowest BCUT2D eigenvalue weighted by atomic mass is 10.1. The van der Waals surface area contributed by atoms with Gasteiger partial charge in [-0.1, -0.05) is 13.3 Å². The molecule has 2 heterocycles. The minimum Gasteiger partial charge on any atom is -0.379 e. The number of morpholine rings is 1. The standard InChI is InChI=1S/C16H28N4O2/c1-4-6-7-19(5-2)16(21)15(14-12-17-18(3)13-14)20-8-10-22-11-9-20/h12-13,15H,4-11H2,1-3H3. The molecule has 0 saturated carbocycles. The van der Waals surface area contributed by atoms with Crippen molar-refractivity contribution in [3.63, 3.8) is 0 Å². The summed E-state index contributed by atoms with van der Waals surface area (Å²) in [6.45, 7) is 8.72. The minimum absolute atomic E-state index is 0.186. The molecule has 1 aromatic heterocycles. The van der Waals surface area contributed by atoms with Gasteiger partial charge in [-0.05, 0) is 13.3 Å². The molecule has 1 atom stereocenters. The van der Waals surface area contributed by atoms with Gasteiger partial charge in [-0.3, -0.25) is 14.4 Å². The number of carbonyl (C=O) groups is 1. The van der Waals surface area contributed by atoms with E-state index < -0.39 is 0 Å². The number of unbranched alkanes of at least 4 members (excludes halogenated alkanes) is 1. The summed E-state index contributed by atoms with van der Waals surface area (Å²) >= 11 is 0. The van der Waals surface area contributed by atoms with E-state index in [0.717, 1.165) is 44.6 Å². The van der Waals surface area contributed by atoms with Crippen LogP contribution in [0.25, 0.3) is 0 Å². The van der Waals surface area contributed by atoms with Gasteiger partial charge in [0, 0.05) is 45.0 Å². The molecule has 0 aromatic carbocycles. The Morgan fingerprint density at radius 1 is 1.41 bits per heavy atom. The summed E-state index contributed by atoms with van der Waals surface area (Å²) in [7, 11) is 1.89. The third-order valence-electron chi connectivity index (χ3n) is 4.16. The molecule has 2 rings (SSSR count). The highest BCUT2D eigenvalue weighted by molar-refractivity contribution is 5.83. The van der Waals surface area contributed by atoms with Crippen LogP contribution in [0.4, 0.5) is 0 Å². The monoisotopic (exact) mass is 308 g/mol. The first-order chi connectivity index (χ1) is 10.7. The number of aromatic nitrogens is 2. The van der Waals surface area contributed by atoms with Crippen LogP contribution in [0.2, 0.25) is 0 Å². The summed E-state index contributed by atoms with van der Waals surface area (Å²) in [5.41, 5.74) is 0.976. The summed E-state index contributed by atoms with van der Waals surface area (Å²) in [4.78, 5) is 17.3. The third-order valence-corrected chi connectivity index (χ3v) is 4.16. The Kier molecular flexibility index (Phi) is 6.39. The van der Waals surface area contributed by atoms with Crippen molar-refractivity contribution in [1.82, 2.24) is 19.6 Å². The number of hydrogen-bond acceptors (Lipinski definition) is 4. The van der Waals surface area contributed by atoms with Gasteiger partial charge in [0.25, 0.3) is 0 Å². The van der Waals surface area contributed by atoms with Crippen molar-refractivity contribution in [1.29, 1.82) is 0 Å². The minimum atomic E-state index is -0.241. The van der Waals surface area contributed by atoms with Gasteiger partial charge in [0.2, 0.25) is 5.91 Å². The maximum atomic E-state index is 13.1. The highest BCUT2D eigenvalue weighted by Gasteiger charge is 2.32. The average Bonchev–Trinajstić information content (AvgIpc) is 2.95. The van der Waals surface area contributed by atoms with Crippen LogP contribution in [0.15, 0.2) is 12.4 Å². The van der Waals surface area contributed by atoms with Crippen molar-refractivity contribution in [2.75, 3.05) is 39.4 Å². The predicted molar refractivity (Wildman–Crippen MR) is 85.5 cm³/mol. The molecular formula is C16H28N4O2. The van der Waals surface area contributed by atoms with Crippen molar-refractivity contribution in [3.05, 3.63) is 18.0 Å². The van der Waals surface area contributed by atoms with Gasteiger partial charge in [0.1, 0.15) is 6.04 Å². The lowest BCUT2D eigenvalue weighted by molar-refractivity contribution is -0.139. The molecule has 0 radical (unpaired) electrons. The van der Waals surface area contributed by atoms with Gasteiger partial charge in [-0.15, -0.1) is 0 Å². The molecule has 6 heteroatoms. The topological polar surface area (TPSA) is 50.6 Å². The van der Waals surface area contributed by atoms with Crippen LogP contribution < -0.4 is 0 Å².